The molecule has 1 atom stereocenters. The van der Waals surface area contributed by atoms with Crippen LogP contribution in [0.1, 0.15) is 23.1 Å². The Morgan fingerprint density at radius 2 is 1.48 bits per heavy atom. The van der Waals surface area contributed by atoms with E-state index in [1.54, 1.807) is 17.6 Å². The number of rotatable bonds is 9. The number of anilines is 1. The first kappa shape index (κ1) is 26.4. The van der Waals surface area contributed by atoms with Crippen LogP contribution in [0.5, 0.6) is 0 Å². The Balaban J connectivity index is 1.04. The zero-order valence-corrected chi connectivity index (χ0v) is 23.2. The number of thiazole rings is 1. The summed E-state index contributed by atoms with van der Waals surface area (Å²) >= 11 is 1.58. The number of benzene rings is 3. The van der Waals surface area contributed by atoms with Gasteiger partial charge in [-0.25, -0.2) is 9.98 Å². The monoisotopic (exact) mass is 548 g/mol. The maximum Gasteiger partial charge on any atom is 0.234 e. The molecular formula is C32H32N6OS. The van der Waals surface area contributed by atoms with Crippen molar-refractivity contribution >= 4 is 32.9 Å². The van der Waals surface area contributed by atoms with Crippen molar-refractivity contribution in [2.45, 2.75) is 32.5 Å². The van der Waals surface area contributed by atoms with Crippen molar-refractivity contribution in [3.63, 3.8) is 0 Å². The molecular weight excluding hydrogens is 516 g/mol. The first-order valence-electron chi connectivity index (χ1n) is 13.7. The fourth-order valence-corrected chi connectivity index (χ4v) is 6.14. The predicted molar refractivity (Wildman–Crippen MR) is 161 cm³/mol. The summed E-state index contributed by atoms with van der Waals surface area (Å²) in [4.78, 5) is 16.4. The lowest BCUT2D eigenvalue weighted by Crippen LogP contribution is -2.45. The smallest absolute Gasteiger partial charge is 0.234 e. The third kappa shape index (κ3) is 6.30. The normalized spacial score (nSPS) is 18.1. The van der Waals surface area contributed by atoms with Crippen LogP contribution in [0.25, 0.3) is 10.2 Å². The van der Waals surface area contributed by atoms with Crippen molar-refractivity contribution in [2.24, 2.45) is 4.99 Å². The minimum absolute atomic E-state index is 0.261. The molecule has 2 aliphatic rings. The van der Waals surface area contributed by atoms with Gasteiger partial charge in [0.1, 0.15) is 0 Å². The van der Waals surface area contributed by atoms with E-state index in [1.807, 2.05) is 29.2 Å². The van der Waals surface area contributed by atoms with Gasteiger partial charge in [0.15, 0.2) is 5.13 Å². The van der Waals surface area contributed by atoms with E-state index in [0.29, 0.717) is 6.61 Å². The van der Waals surface area contributed by atoms with Gasteiger partial charge in [-0.05, 0) is 34.9 Å². The van der Waals surface area contributed by atoms with E-state index in [0.717, 1.165) is 65.9 Å². The van der Waals surface area contributed by atoms with Gasteiger partial charge in [-0.1, -0.05) is 78.1 Å². The first-order valence-corrected chi connectivity index (χ1v) is 14.5. The van der Waals surface area contributed by atoms with Crippen molar-refractivity contribution < 1.29 is 4.74 Å². The van der Waals surface area contributed by atoms with E-state index in [9.17, 15) is 5.26 Å². The van der Waals surface area contributed by atoms with E-state index in [4.69, 9.17) is 9.72 Å². The van der Waals surface area contributed by atoms with Gasteiger partial charge in [-0.3, -0.25) is 14.7 Å². The highest BCUT2D eigenvalue weighted by atomic mass is 32.1. The Kier molecular flexibility index (Phi) is 8.26. The lowest BCUT2D eigenvalue weighted by atomic mass is 10.1. The predicted octanol–water partition coefficient (Wildman–Crippen LogP) is 5.80. The highest BCUT2D eigenvalue weighted by Gasteiger charge is 2.27. The number of allylic oxidation sites excluding steroid dienone is 2. The summed E-state index contributed by atoms with van der Waals surface area (Å²) in [5.74, 6) is 0. The summed E-state index contributed by atoms with van der Waals surface area (Å²) < 4.78 is 7.38. The highest BCUT2D eigenvalue weighted by Crippen LogP contribution is 2.34. The highest BCUT2D eigenvalue weighted by molar-refractivity contribution is 7.22. The molecule has 202 valence electrons. The van der Waals surface area contributed by atoms with Crippen molar-refractivity contribution in [3.8, 4) is 6.07 Å². The van der Waals surface area contributed by atoms with Gasteiger partial charge >= 0.3 is 0 Å². The van der Waals surface area contributed by atoms with Crippen molar-refractivity contribution in [2.75, 3.05) is 31.1 Å². The molecule has 4 aromatic rings. The van der Waals surface area contributed by atoms with Crippen molar-refractivity contribution in [1.29, 1.82) is 5.26 Å². The van der Waals surface area contributed by atoms with Crippen LogP contribution in [0.2, 0.25) is 0 Å². The molecule has 3 heterocycles. The summed E-state index contributed by atoms with van der Waals surface area (Å²) in [6, 6.07) is 29.7. The molecule has 3 aromatic carbocycles. The SMILES string of the molecule is N#CCC1=CC=NC(OCc2ccc(CN3CCN(Cc4ccccc4)CC3)cc2)N1c1nc2ccccc2s1. The summed E-state index contributed by atoms with van der Waals surface area (Å²) in [5.41, 5.74) is 5.55. The van der Waals surface area contributed by atoms with E-state index < -0.39 is 6.35 Å². The minimum atomic E-state index is -0.569. The Bertz CT molecular complexity index is 1480. The topological polar surface area (TPSA) is 68.0 Å². The van der Waals surface area contributed by atoms with Gasteiger partial charge in [-0.15, -0.1) is 0 Å². The largest absolute Gasteiger partial charge is 0.334 e. The molecule has 2 aliphatic heterocycles. The summed E-state index contributed by atoms with van der Waals surface area (Å²) in [6.07, 6.45) is 3.28. The van der Waals surface area contributed by atoms with Gasteiger partial charge in [0.2, 0.25) is 6.35 Å². The Morgan fingerprint density at radius 3 is 2.17 bits per heavy atom. The van der Waals surface area contributed by atoms with Crippen molar-refractivity contribution in [3.05, 3.63) is 107 Å². The third-order valence-electron chi connectivity index (χ3n) is 7.30. The summed E-state index contributed by atoms with van der Waals surface area (Å²) in [5, 5.41) is 10.2. The Morgan fingerprint density at radius 1 is 0.825 bits per heavy atom. The number of nitrogens with zero attached hydrogens (tertiary/aromatic N) is 6. The zero-order valence-electron chi connectivity index (χ0n) is 22.4. The number of aliphatic imine (C=N–C) groups is 1. The van der Waals surface area contributed by atoms with Crippen LogP contribution in [-0.4, -0.2) is 53.5 Å². The molecule has 1 unspecified atom stereocenters. The lowest BCUT2D eigenvalue weighted by Gasteiger charge is -2.34. The number of nitriles is 1. The molecule has 0 spiro atoms. The molecule has 40 heavy (non-hydrogen) atoms. The average Bonchev–Trinajstić information content (AvgIpc) is 3.42. The molecule has 0 radical (unpaired) electrons. The Labute approximate surface area is 239 Å². The fourth-order valence-electron chi connectivity index (χ4n) is 5.13. The molecule has 0 saturated carbocycles. The van der Waals surface area contributed by atoms with E-state index >= 15 is 0 Å². The van der Waals surface area contributed by atoms with Crippen LogP contribution in [0, 0.1) is 11.3 Å². The maximum atomic E-state index is 9.41. The van der Waals surface area contributed by atoms with Crippen LogP contribution < -0.4 is 4.90 Å². The second kappa shape index (κ2) is 12.5. The maximum absolute atomic E-state index is 9.41. The standard InChI is InChI=1S/C32H32N6OS/c33-16-14-28-15-17-34-31(38(28)32-35-29-8-4-5-9-30(29)40-32)39-24-27-12-10-26(11-13-27)23-37-20-18-36(19-21-37)22-25-6-2-1-3-7-25/h1-13,15,17,31H,14,18-24H2. The number of para-hydroxylation sites is 1. The number of ether oxygens (including phenoxy) is 1. The molecule has 0 amide bonds. The molecule has 0 aliphatic carbocycles. The molecule has 1 fully saturated rings. The molecule has 8 heteroatoms. The van der Waals surface area contributed by atoms with Crippen LogP contribution in [0.3, 0.4) is 0 Å². The molecule has 1 aromatic heterocycles. The second-order valence-electron chi connectivity index (χ2n) is 10.1. The third-order valence-corrected chi connectivity index (χ3v) is 8.34. The van der Waals surface area contributed by atoms with E-state index in [-0.39, 0.29) is 6.42 Å². The minimum Gasteiger partial charge on any atom is -0.334 e. The fraction of sp³-hybridized carbons (Fsp3) is 0.281. The van der Waals surface area contributed by atoms with Crippen LogP contribution in [0.4, 0.5) is 5.13 Å². The van der Waals surface area contributed by atoms with Crippen molar-refractivity contribution in [1.82, 2.24) is 14.8 Å². The molecule has 1 saturated heterocycles. The number of piperazine rings is 1. The van der Waals surface area contributed by atoms with Gasteiger partial charge in [-0.2, -0.15) is 5.26 Å². The number of aromatic nitrogens is 1. The average molecular weight is 549 g/mol. The second-order valence-corrected chi connectivity index (χ2v) is 11.1. The van der Waals surface area contributed by atoms with Gasteiger partial charge in [0.25, 0.3) is 0 Å². The first-order chi connectivity index (χ1) is 19.7. The summed E-state index contributed by atoms with van der Waals surface area (Å²) in [7, 11) is 0. The molecule has 6 rings (SSSR count). The Hall–Kier alpha value is -3.87. The van der Waals surface area contributed by atoms with Crippen LogP contribution in [0.15, 0.2) is 95.6 Å². The quantitative estimate of drug-likeness (QED) is 0.263. The van der Waals surface area contributed by atoms with Crippen LogP contribution >= 0.6 is 11.3 Å². The molecule has 7 nitrogen and oxygen atoms in total. The number of hydrogen-bond donors (Lipinski definition) is 0. The van der Waals surface area contributed by atoms with Crippen LogP contribution in [-0.2, 0) is 24.4 Å². The number of fused-ring (bicyclic) bond motifs is 1. The summed E-state index contributed by atoms with van der Waals surface area (Å²) in [6.45, 7) is 6.75. The van der Waals surface area contributed by atoms with Gasteiger partial charge < -0.3 is 4.74 Å². The lowest BCUT2D eigenvalue weighted by molar-refractivity contribution is 0.0480. The zero-order chi connectivity index (χ0) is 27.1. The van der Waals surface area contributed by atoms with E-state index in [1.165, 1.54) is 11.1 Å². The molecule has 0 bridgehead atoms. The van der Waals surface area contributed by atoms with Gasteiger partial charge in [0, 0.05) is 51.2 Å². The van der Waals surface area contributed by atoms with E-state index in [2.05, 4.69) is 81.5 Å². The van der Waals surface area contributed by atoms with Gasteiger partial charge in [0.05, 0.1) is 29.3 Å². The molecule has 0 N–H and O–H groups in total. The number of hydrogen-bond acceptors (Lipinski definition) is 8.